The van der Waals surface area contributed by atoms with Crippen LogP contribution in [0.3, 0.4) is 0 Å². The lowest BCUT2D eigenvalue weighted by Gasteiger charge is -2.12. The highest BCUT2D eigenvalue weighted by atomic mass is 32.2. The lowest BCUT2D eigenvalue weighted by Crippen LogP contribution is -2.29. The minimum absolute atomic E-state index is 0.116. The highest BCUT2D eigenvalue weighted by molar-refractivity contribution is 7.99. The third-order valence-corrected chi connectivity index (χ3v) is 5.82. The van der Waals surface area contributed by atoms with Gasteiger partial charge in [0.05, 0.1) is 22.8 Å². The molecule has 9 nitrogen and oxygen atoms in total. The minimum atomic E-state index is -0.285. The van der Waals surface area contributed by atoms with Crippen molar-refractivity contribution in [2.45, 2.75) is 18.1 Å². The maximum Gasteiger partial charge on any atom is 0.266 e. The number of aromatic nitrogens is 6. The fourth-order valence-electron chi connectivity index (χ4n) is 3.36. The number of rotatable bonds is 6. The molecule has 0 unspecified atom stereocenters. The zero-order valence-electron chi connectivity index (χ0n) is 17.1. The molecule has 5 aromatic rings. The summed E-state index contributed by atoms with van der Waals surface area (Å²) >= 11 is 1.22. The number of nitrogens with zero attached hydrogens (tertiary/aromatic N) is 4. The van der Waals surface area contributed by atoms with Crippen LogP contribution in [0.25, 0.3) is 28.1 Å². The fourth-order valence-corrected chi connectivity index (χ4v) is 4.12. The molecule has 0 aliphatic rings. The summed E-state index contributed by atoms with van der Waals surface area (Å²) < 4.78 is 1.50. The first kappa shape index (κ1) is 20.0. The molecule has 0 aliphatic carbocycles. The third-order valence-electron chi connectivity index (χ3n) is 4.88. The second-order valence-electron chi connectivity index (χ2n) is 7.23. The number of para-hydroxylation sites is 2. The summed E-state index contributed by atoms with van der Waals surface area (Å²) in [6.45, 7) is 1.88. The molecule has 1 amide bonds. The Morgan fingerprint density at radius 2 is 1.88 bits per heavy atom. The van der Waals surface area contributed by atoms with Crippen molar-refractivity contribution in [1.29, 1.82) is 0 Å². The van der Waals surface area contributed by atoms with Crippen LogP contribution in [0.1, 0.15) is 18.8 Å². The Morgan fingerprint density at radius 1 is 1.09 bits per heavy atom. The van der Waals surface area contributed by atoms with Crippen molar-refractivity contribution < 1.29 is 4.79 Å². The van der Waals surface area contributed by atoms with E-state index in [1.165, 1.54) is 22.3 Å². The standard InChI is InChI=1S/C22H19N7O2S/c1-13(20-24-15-9-5-6-10-16(15)25-20)23-19(31)12-32-22-27-21(14-7-3-2-4-8-14)26-17-11-18(30)28-29(17)22/h2-11,13H,12H2,1H3,(H,23,31)(H,24,25)(H,28,30)/t13-/m1/s1. The Morgan fingerprint density at radius 3 is 2.69 bits per heavy atom. The molecule has 0 fully saturated rings. The summed E-state index contributed by atoms with van der Waals surface area (Å²) in [5, 5.41) is 6.10. The maximum atomic E-state index is 12.6. The Hall–Kier alpha value is -3.92. The van der Waals surface area contributed by atoms with Crippen molar-refractivity contribution in [3.05, 3.63) is 76.8 Å². The molecule has 1 atom stereocenters. The monoisotopic (exact) mass is 445 g/mol. The summed E-state index contributed by atoms with van der Waals surface area (Å²) in [6.07, 6.45) is 0. The predicted octanol–water partition coefficient (Wildman–Crippen LogP) is 2.93. The first-order valence-electron chi connectivity index (χ1n) is 9.99. The summed E-state index contributed by atoms with van der Waals surface area (Å²) in [5.74, 6) is 1.12. The van der Waals surface area contributed by atoms with Gasteiger partial charge in [0.2, 0.25) is 5.91 Å². The van der Waals surface area contributed by atoms with Crippen molar-refractivity contribution in [2.75, 3.05) is 5.75 Å². The SMILES string of the molecule is C[C@@H](NC(=O)CSc1nc(-c2ccccc2)nc2cc(=O)[nH]n12)c1nc2ccccc2[nH]1. The van der Waals surface area contributed by atoms with Crippen LogP contribution < -0.4 is 10.9 Å². The number of amides is 1. The van der Waals surface area contributed by atoms with Crippen molar-refractivity contribution in [3.63, 3.8) is 0 Å². The highest BCUT2D eigenvalue weighted by Crippen LogP contribution is 2.22. The molecule has 2 aromatic carbocycles. The molecule has 32 heavy (non-hydrogen) atoms. The molecule has 160 valence electrons. The maximum absolute atomic E-state index is 12.6. The van der Waals surface area contributed by atoms with E-state index in [0.717, 1.165) is 16.6 Å². The first-order valence-corrected chi connectivity index (χ1v) is 11.0. The van der Waals surface area contributed by atoms with Gasteiger partial charge in [-0.2, -0.15) is 0 Å². The average molecular weight is 446 g/mol. The van der Waals surface area contributed by atoms with E-state index in [9.17, 15) is 9.59 Å². The van der Waals surface area contributed by atoms with E-state index in [2.05, 4.69) is 30.4 Å². The van der Waals surface area contributed by atoms with Gasteiger partial charge >= 0.3 is 0 Å². The molecule has 5 rings (SSSR count). The normalized spacial score (nSPS) is 12.3. The molecule has 3 heterocycles. The van der Waals surface area contributed by atoms with Crippen LogP contribution in [0.15, 0.2) is 70.6 Å². The Balaban J connectivity index is 1.34. The van der Waals surface area contributed by atoms with Gasteiger partial charge < -0.3 is 10.3 Å². The average Bonchev–Trinajstić information content (AvgIpc) is 3.40. The molecule has 0 spiro atoms. The third kappa shape index (κ3) is 4.00. The minimum Gasteiger partial charge on any atom is -0.346 e. The summed E-state index contributed by atoms with van der Waals surface area (Å²) in [6, 6.07) is 18.3. The number of nitrogens with one attached hydrogen (secondary N) is 3. The Labute approximate surface area is 186 Å². The molecular weight excluding hydrogens is 426 g/mol. The zero-order chi connectivity index (χ0) is 22.1. The number of H-pyrrole nitrogens is 2. The number of imidazole rings is 1. The van der Waals surface area contributed by atoms with Crippen molar-refractivity contribution in [3.8, 4) is 11.4 Å². The second kappa shape index (κ2) is 8.31. The molecule has 0 saturated carbocycles. The van der Waals surface area contributed by atoms with Crippen LogP contribution in [-0.4, -0.2) is 41.2 Å². The van der Waals surface area contributed by atoms with Gasteiger partial charge in [0.15, 0.2) is 16.6 Å². The number of benzene rings is 2. The van der Waals surface area contributed by atoms with E-state index in [1.807, 2.05) is 61.5 Å². The van der Waals surface area contributed by atoms with Gasteiger partial charge in [0.1, 0.15) is 5.82 Å². The summed E-state index contributed by atoms with van der Waals surface area (Å²) in [7, 11) is 0. The van der Waals surface area contributed by atoms with Crippen LogP contribution in [-0.2, 0) is 4.79 Å². The van der Waals surface area contributed by atoms with Crippen molar-refractivity contribution in [1.82, 2.24) is 34.9 Å². The van der Waals surface area contributed by atoms with E-state index in [4.69, 9.17) is 0 Å². The number of hydrogen-bond donors (Lipinski definition) is 3. The number of carbonyl (C=O) groups excluding carboxylic acids is 1. The number of aromatic amines is 2. The molecule has 0 aliphatic heterocycles. The lowest BCUT2D eigenvalue weighted by molar-refractivity contribution is -0.119. The van der Waals surface area contributed by atoms with Gasteiger partial charge in [0.25, 0.3) is 5.56 Å². The highest BCUT2D eigenvalue weighted by Gasteiger charge is 2.16. The molecule has 0 bridgehead atoms. The number of fused-ring (bicyclic) bond motifs is 2. The van der Waals surface area contributed by atoms with Crippen LogP contribution in [0, 0.1) is 0 Å². The van der Waals surface area contributed by atoms with E-state index >= 15 is 0 Å². The van der Waals surface area contributed by atoms with Gasteiger partial charge in [-0.15, -0.1) is 0 Å². The van der Waals surface area contributed by atoms with Crippen LogP contribution in [0.5, 0.6) is 0 Å². The molecule has 0 radical (unpaired) electrons. The van der Waals surface area contributed by atoms with Crippen molar-refractivity contribution >= 4 is 34.3 Å². The van der Waals surface area contributed by atoms with Crippen LogP contribution >= 0.6 is 11.8 Å². The van der Waals surface area contributed by atoms with E-state index in [-0.39, 0.29) is 23.3 Å². The quantitative estimate of drug-likeness (QED) is 0.346. The Kier molecular flexibility index (Phi) is 5.20. The molecule has 3 aromatic heterocycles. The van der Waals surface area contributed by atoms with Gasteiger partial charge in [-0.25, -0.2) is 19.5 Å². The second-order valence-corrected chi connectivity index (χ2v) is 8.17. The van der Waals surface area contributed by atoms with Gasteiger partial charge in [-0.1, -0.05) is 54.2 Å². The summed E-state index contributed by atoms with van der Waals surface area (Å²) in [4.78, 5) is 41.3. The van der Waals surface area contributed by atoms with Gasteiger partial charge in [0, 0.05) is 11.6 Å². The van der Waals surface area contributed by atoms with Crippen LogP contribution in [0.2, 0.25) is 0 Å². The largest absolute Gasteiger partial charge is 0.346 e. The van der Waals surface area contributed by atoms with Gasteiger partial charge in [-0.05, 0) is 19.1 Å². The van der Waals surface area contributed by atoms with E-state index in [0.29, 0.717) is 22.5 Å². The van der Waals surface area contributed by atoms with Crippen molar-refractivity contribution in [2.24, 2.45) is 0 Å². The summed E-state index contributed by atoms with van der Waals surface area (Å²) in [5.41, 5.74) is 2.77. The topological polar surface area (TPSA) is 121 Å². The van der Waals surface area contributed by atoms with E-state index < -0.39 is 0 Å². The molecule has 0 saturated heterocycles. The molecule has 10 heteroatoms. The Bertz CT molecular complexity index is 1440. The number of hydrogen-bond acceptors (Lipinski definition) is 6. The smallest absolute Gasteiger partial charge is 0.266 e. The fraction of sp³-hybridized carbons (Fsp3) is 0.136. The van der Waals surface area contributed by atoms with Gasteiger partial charge in [-0.3, -0.25) is 14.7 Å². The number of carbonyl (C=O) groups is 1. The molecular formula is C22H19N7O2S. The predicted molar refractivity (Wildman–Crippen MR) is 122 cm³/mol. The van der Waals surface area contributed by atoms with E-state index in [1.54, 1.807) is 0 Å². The lowest BCUT2D eigenvalue weighted by atomic mass is 10.2. The first-order chi connectivity index (χ1) is 15.6. The zero-order valence-corrected chi connectivity index (χ0v) is 17.9. The number of thioether (sulfide) groups is 1. The van der Waals surface area contributed by atoms with Crippen LogP contribution in [0.4, 0.5) is 0 Å². The molecule has 3 N–H and O–H groups in total.